The van der Waals surface area contributed by atoms with Crippen LogP contribution >= 0.6 is 35.0 Å². The number of hydrogen-bond donors (Lipinski definition) is 1. The zero-order chi connectivity index (χ0) is 20.8. The third-order valence-electron chi connectivity index (χ3n) is 4.64. The van der Waals surface area contributed by atoms with Gasteiger partial charge < -0.3 is 9.72 Å². The number of methoxy groups -OCH3 is 1. The summed E-state index contributed by atoms with van der Waals surface area (Å²) in [6, 6.07) is 13.5. The van der Waals surface area contributed by atoms with Crippen LogP contribution in [0.4, 0.5) is 0 Å². The maximum absolute atomic E-state index is 12.3. The molecule has 0 atom stereocenters. The Bertz CT molecular complexity index is 1020. The molecule has 29 heavy (non-hydrogen) atoms. The first-order valence-electron chi connectivity index (χ1n) is 9.26. The number of nitrogens with one attached hydrogen (secondary N) is 1. The minimum absolute atomic E-state index is 0.129. The van der Waals surface area contributed by atoms with Crippen molar-refractivity contribution in [3.63, 3.8) is 0 Å². The van der Waals surface area contributed by atoms with Crippen molar-refractivity contribution in [2.24, 2.45) is 0 Å². The Kier molecular flexibility index (Phi) is 7.64. The van der Waals surface area contributed by atoms with Crippen molar-refractivity contribution in [1.82, 2.24) is 9.97 Å². The Morgan fingerprint density at radius 1 is 1.10 bits per heavy atom. The van der Waals surface area contributed by atoms with Crippen molar-refractivity contribution in [2.75, 3.05) is 12.9 Å². The van der Waals surface area contributed by atoms with Crippen molar-refractivity contribution >= 4 is 35.0 Å². The maximum atomic E-state index is 12.3. The van der Waals surface area contributed by atoms with Crippen LogP contribution in [0.1, 0.15) is 28.8 Å². The Morgan fingerprint density at radius 2 is 1.79 bits per heavy atom. The summed E-state index contributed by atoms with van der Waals surface area (Å²) >= 11 is 14.1. The molecule has 0 bridgehead atoms. The number of hydrogen-bond acceptors (Lipinski definition) is 4. The standard InChI is InChI=1S/C22H22Cl2N2O2S/c1-14-20(13-17-18(23)6-3-7-19(17)24)25-22(26-21(14)27)29-12-4-5-15-8-10-16(28-2)11-9-15/h3,6-11H,4-5,12-13H2,1-2H3,(H,25,26,27). The van der Waals surface area contributed by atoms with Crippen molar-refractivity contribution in [3.8, 4) is 5.75 Å². The van der Waals surface area contributed by atoms with Gasteiger partial charge >= 0.3 is 0 Å². The minimum Gasteiger partial charge on any atom is -0.497 e. The lowest BCUT2D eigenvalue weighted by atomic mass is 10.1. The molecule has 4 nitrogen and oxygen atoms in total. The summed E-state index contributed by atoms with van der Waals surface area (Å²) in [5.41, 5.74) is 3.19. The summed E-state index contributed by atoms with van der Waals surface area (Å²) in [7, 11) is 1.66. The van der Waals surface area contributed by atoms with E-state index in [2.05, 4.69) is 22.1 Å². The number of aryl methyl sites for hydroxylation is 1. The lowest BCUT2D eigenvalue weighted by molar-refractivity contribution is 0.414. The molecule has 0 radical (unpaired) electrons. The van der Waals surface area contributed by atoms with Gasteiger partial charge in [-0.2, -0.15) is 0 Å². The fourth-order valence-corrected chi connectivity index (χ4v) is 4.26. The van der Waals surface area contributed by atoms with Gasteiger partial charge in [-0.3, -0.25) is 4.79 Å². The second-order valence-electron chi connectivity index (χ2n) is 6.62. The predicted octanol–water partition coefficient (Wildman–Crippen LogP) is 5.71. The number of aromatic amines is 1. The second kappa shape index (κ2) is 10.2. The van der Waals surface area contributed by atoms with Gasteiger partial charge in [-0.15, -0.1) is 0 Å². The van der Waals surface area contributed by atoms with Crippen LogP contribution in [0.25, 0.3) is 0 Å². The number of H-pyrrole nitrogens is 1. The molecule has 0 aliphatic carbocycles. The average Bonchev–Trinajstić information content (AvgIpc) is 2.72. The third-order valence-corrected chi connectivity index (χ3v) is 6.31. The molecule has 0 fully saturated rings. The molecule has 0 saturated carbocycles. The molecule has 0 unspecified atom stereocenters. The van der Waals surface area contributed by atoms with Gasteiger partial charge in [0.15, 0.2) is 5.16 Å². The normalized spacial score (nSPS) is 10.9. The topological polar surface area (TPSA) is 55.0 Å². The second-order valence-corrected chi connectivity index (χ2v) is 8.52. The highest BCUT2D eigenvalue weighted by atomic mass is 35.5. The van der Waals surface area contributed by atoms with Crippen LogP contribution in [0.3, 0.4) is 0 Å². The summed E-state index contributed by atoms with van der Waals surface area (Å²) < 4.78 is 5.18. The number of halogens is 2. The molecule has 3 aromatic rings. The van der Waals surface area contributed by atoms with Gasteiger partial charge in [-0.05, 0) is 55.2 Å². The molecule has 1 heterocycles. The van der Waals surface area contributed by atoms with Gasteiger partial charge in [0.2, 0.25) is 0 Å². The SMILES string of the molecule is COc1ccc(CCCSc2nc(Cc3c(Cl)cccc3Cl)c(C)c(=O)[nH]2)cc1. The molecule has 0 aliphatic rings. The van der Waals surface area contributed by atoms with E-state index in [1.807, 2.05) is 12.1 Å². The van der Waals surface area contributed by atoms with E-state index in [9.17, 15) is 4.79 Å². The number of rotatable bonds is 8. The lowest BCUT2D eigenvalue weighted by Crippen LogP contribution is -2.16. The molecule has 2 aromatic carbocycles. The van der Waals surface area contributed by atoms with Crippen LogP contribution in [0.5, 0.6) is 5.75 Å². The van der Waals surface area contributed by atoms with Gasteiger partial charge in [-0.1, -0.05) is 53.2 Å². The van der Waals surface area contributed by atoms with Gasteiger partial charge in [-0.25, -0.2) is 4.98 Å². The van der Waals surface area contributed by atoms with Crippen molar-refractivity contribution in [3.05, 3.63) is 85.2 Å². The number of benzene rings is 2. The quantitative estimate of drug-likeness (QED) is 0.272. The summed E-state index contributed by atoms with van der Waals surface area (Å²) in [5.74, 6) is 1.71. The van der Waals surface area contributed by atoms with E-state index in [1.54, 1.807) is 44.0 Å². The first kappa shape index (κ1) is 21.8. The summed E-state index contributed by atoms with van der Waals surface area (Å²) in [6.07, 6.45) is 2.35. The fourth-order valence-electron chi connectivity index (χ4n) is 2.90. The van der Waals surface area contributed by atoms with Gasteiger partial charge in [0.05, 0.1) is 12.8 Å². The third kappa shape index (κ3) is 5.78. The first-order valence-corrected chi connectivity index (χ1v) is 11.0. The molecular weight excluding hydrogens is 427 g/mol. The van der Waals surface area contributed by atoms with E-state index in [0.29, 0.717) is 32.9 Å². The maximum Gasteiger partial charge on any atom is 0.254 e. The van der Waals surface area contributed by atoms with E-state index in [-0.39, 0.29) is 5.56 Å². The largest absolute Gasteiger partial charge is 0.497 e. The summed E-state index contributed by atoms with van der Waals surface area (Å²) in [4.78, 5) is 19.9. The van der Waals surface area contributed by atoms with Crippen LogP contribution in [-0.2, 0) is 12.8 Å². The minimum atomic E-state index is -0.129. The molecule has 1 N–H and O–H groups in total. The number of ether oxygens (including phenoxy) is 1. The highest BCUT2D eigenvalue weighted by Gasteiger charge is 2.13. The zero-order valence-electron chi connectivity index (χ0n) is 16.3. The molecule has 0 aliphatic heterocycles. The highest BCUT2D eigenvalue weighted by Crippen LogP contribution is 2.27. The van der Waals surface area contributed by atoms with E-state index in [1.165, 1.54) is 5.56 Å². The highest BCUT2D eigenvalue weighted by molar-refractivity contribution is 7.99. The summed E-state index contributed by atoms with van der Waals surface area (Å²) in [6.45, 7) is 1.77. The van der Waals surface area contributed by atoms with Gasteiger partial charge in [0.25, 0.3) is 5.56 Å². The molecule has 0 amide bonds. The molecule has 0 spiro atoms. The monoisotopic (exact) mass is 448 g/mol. The summed E-state index contributed by atoms with van der Waals surface area (Å²) in [5, 5.41) is 1.77. The van der Waals surface area contributed by atoms with Crippen LogP contribution < -0.4 is 10.3 Å². The van der Waals surface area contributed by atoms with Crippen LogP contribution in [0.2, 0.25) is 10.0 Å². The smallest absolute Gasteiger partial charge is 0.254 e. The first-order chi connectivity index (χ1) is 14.0. The van der Waals surface area contributed by atoms with Crippen molar-refractivity contribution in [2.45, 2.75) is 31.3 Å². The molecule has 1 aromatic heterocycles. The van der Waals surface area contributed by atoms with E-state index < -0.39 is 0 Å². The Morgan fingerprint density at radius 3 is 2.45 bits per heavy atom. The van der Waals surface area contributed by atoms with E-state index in [4.69, 9.17) is 27.9 Å². The lowest BCUT2D eigenvalue weighted by Gasteiger charge is -2.10. The van der Waals surface area contributed by atoms with E-state index in [0.717, 1.165) is 29.9 Å². The van der Waals surface area contributed by atoms with Crippen LogP contribution in [0, 0.1) is 6.92 Å². The number of aromatic nitrogens is 2. The fraction of sp³-hybridized carbons (Fsp3) is 0.273. The molecule has 152 valence electrons. The molecule has 7 heteroatoms. The number of thioether (sulfide) groups is 1. The average molecular weight is 449 g/mol. The molecule has 3 rings (SSSR count). The molecular formula is C22H22Cl2N2O2S. The van der Waals surface area contributed by atoms with Gasteiger partial charge in [0, 0.05) is 27.8 Å². The Labute approximate surface area is 184 Å². The van der Waals surface area contributed by atoms with Crippen molar-refractivity contribution < 1.29 is 4.74 Å². The van der Waals surface area contributed by atoms with Crippen LogP contribution in [0.15, 0.2) is 52.4 Å². The van der Waals surface area contributed by atoms with Crippen LogP contribution in [-0.4, -0.2) is 22.8 Å². The van der Waals surface area contributed by atoms with Crippen molar-refractivity contribution in [1.29, 1.82) is 0 Å². The number of nitrogens with zero attached hydrogens (tertiary/aromatic N) is 1. The predicted molar refractivity (Wildman–Crippen MR) is 121 cm³/mol. The zero-order valence-corrected chi connectivity index (χ0v) is 18.6. The van der Waals surface area contributed by atoms with Gasteiger partial charge in [0.1, 0.15) is 5.75 Å². The Balaban J connectivity index is 1.65. The molecule has 0 saturated heterocycles. The van der Waals surface area contributed by atoms with E-state index >= 15 is 0 Å². The Hall–Kier alpha value is -1.95.